The molecule has 4 rings (SSSR count). The molecular formula is C25H29FN2O3. The topological polar surface area (TPSA) is 62.7 Å². The second kappa shape index (κ2) is 10.4. The molecule has 1 aromatic heterocycles. The van der Waals surface area contributed by atoms with Crippen molar-refractivity contribution in [2.24, 2.45) is 0 Å². The summed E-state index contributed by atoms with van der Waals surface area (Å²) in [4.78, 5) is 15.0. The highest BCUT2D eigenvalue weighted by Crippen LogP contribution is 2.52. The number of hydrogen-bond acceptors (Lipinski definition) is 4. The predicted molar refractivity (Wildman–Crippen MR) is 118 cm³/mol. The summed E-state index contributed by atoms with van der Waals surface area (Å²) < 4.78 is 19.1. The highest BCUT2D eigenvalue weighted by atomic mass is 19.1. The fraction of sp³-hybridized carbons (Fsp3) is 0.440. The van der Waals surface area contributed by atoms with E-state index in [-0.39, 0.29) is 12.4 Å². The van der Waals surface area contributed by atoms with Crippen molar-refractivity contribution < 1.29 is 19.0 Å². The highest BCUT2D eigenvalue weighted by molar-refractivity contribution is 5.50. The molecule has 1 aliphatic carbocycles. The number of fused-ring (bicyclic) bond motifs is 2. The molecule has 2 heterocycles. The Morgan fingerprint density at radius 2 is 2.00 bits per heavy atom. The minimum Gasteiger partial charge on any atom is -0.483 e. The maximum absolute atomic E-state index is 14.0. The zero-order valence-corrected chi connectivity index (χ0v) is 18.2. The lowest BCUT2D eigenvalue weighted by atomic mass is 9.85. The first-order valence-corrected chi connectivity index (χ1v) is 10.8. The van der Waals surface area contributed by atoms with E-state index in [0.717, 1.165) is 12.1 Å². The summed E-state index contributed by atoms with van der Waals surface area (Å²) in [6.07, 6.45) is 6.61. The molecule has 2 aliphatic rings. The third-order valence-corrected chi connectivity index (χ3v) is 5.72. The largest absolute Gasteiger partial charge is 0.483 e. The Morgan fingerprint density at radius 3 is 2.65 bits per heavy atom. The van der Waals surface area contributed by atoms with E-state index in [0.29, 0.717) is 17.6 Å². The first kappa shape index (κ1) is 22.8. The smallest absolute Gasteiger partial charge is 0.290 e. The Morgan fingerprint density at radius 1 is 1.26 bits per heavy atom. The number of carboxylic acid groups (broad SMARTS) is 1. The van der Waals surface area contributed by atoms with Gasteiger partial charge in [-0.1, -0.05) is 31.3 Å². The summed E-state index contributed by atoms with van der Waals surface area (Å²) in [6, 6.07) is 7.96. The third-order valence-electron chi connectivity index (χ3n) is 5.72. The van der Waals surface area contributed by atoms with Crippen LogP contribution in [0.5, 0.6) is 5.88 Å². The number of halogens is 1. The van der Waals surface area contributed by atoms with Crippen molar-refractivity contribution in [1.29, 1.82) is 0 Å². The number of nitrogens with zero attached hydrogens (tertiary/aromatic N) is 2. The number of carbonyl (C=O) groups is 1. The summed E-state index contributed by atoms with van der Waals surface area (Å²) >= 11 is 0. The van der Waals surface area contributed by atoms with Gasteiger partial charge in [0.15, 0.2) is 5.82 Å². The van der Waals surface area contributed by atoms with Gasteiger partial charge in [0.2, 0.25) is 5.88 Å². The van der Waals surface area contributed by atoms with Crippen molar-refractivity contribution in [3.8, 4) is 17.7 Å². The monoisotopic (exact) mass is 424 g/mol. The van der Waals surface area contributed by atoms with Gasteiger partial charge in [0.05, 0.1) is 6.61 Å². The lowest BCUT2D eigenvalue weighted by Crippen LogP contribution is -2.38. The van der Waals surface area contributed by atoms with E-state index >= 15 is 0 Å². The third kappa shape index (κ3) is 5.62. The first-order chi connectivity index (χ1) is 15.0. The van der Waals surface area contributed by atoms with Crippen LogP contribution in [0, 0.1) is 17.7 Å². The number of unbranched alkanes of at least 4 members (excludes halogenated alkanes) is 1. The molecule has 164 valence electrons. The van der Waals surface area contributed by atoms with Gasteiger partial charge in [-0.3, -0.25) is 9.69 Å². The molecular weight excluding hydrogens is 395 g/mol. The normalized spacial score (nSPS) is 15.7. The summed E-state index contributed by atoms with van der Waals surface area (Å²) in [7, 11) is 0. The number of ether oxygens (including phenoxy) is 1. The second-order valence-electron chi connectivity index (χ2n) is 8.02. The van der Waals surface area contributed by atoms with Crippen LogP contribution in [0.1, 0.15) is 61.8 Å². The van der Waals surface area contributed by atoms with Crippen LogP contribution in [0.2, 0.25) is 0 Å². The van der Waals surface area contributed by atoms with E-state index in [1.165, 1.54) is 56.0 Å². The Labute approximate surface area is 183 Å². The molecule has 0 bridgehead atoms. The zero-order chi connectivity index (χ0) is 22.3. The maximum Gasteiger partial charge on any atom is 0.290 e. The molecule has 0 saturated heterocycles. The van der Waals surface area contributed by atoms with Crippen LogP contribution in [-0.2, 0) is 16.8 Å². The predicted octanol–water partition coefficient (Wildman–Crippen LogP) is 4.37. The number of benzene rings is 1. The number of hydrogen-bond donors (Lipinski definition) is 1. The summed E-state index contributed by atoms with van der Waals surface area (Å²) in [6.45, 7) is 7.60. The van der Waals surface area contributed by atoms with Crippen molar-refractivity contribution in [3.63, 3.8) is 0 Å². The molecule has 6 heteroatoms. The summed E-state index contributed by atoms with van der Waals surface area (Å²) in [5, 5.41) is 6.89. The summed E-state index contributed by atoms with van der Waals surface area (Å²) in [5.41, 5.74) is 4.81. The number of aromatic nitrogens is 1. The molecule has 1 aromatic carbocycles. The zero-order valence-electron chi connectivity index (χ0n) is 18.2. The van der Waals surface area contributed by atoms with Crippen LogP contribution < -0.4 is 4.74 Å². The van der Waals surface area contributed by atoms with Crippen LogP contribution >= 0.6 is 0 Å². The van der Waals surface area contributed by atoms with E-state index in [9.17, 15) is 4.39 Å². The van der Waals surface area contributed by atoms with Crippen LogP contribution in [0.4, 0.5) is 4.39 Å². The Kier molecular flexibility index (Phi) is 7.64. The lowest BCUT2D eigenvalue weighted by Gasteiger charge is -2.35. The van der Waals surface area contributed by atoms with Crippen LogP contribution in [0.3, 0.4) is 0 Å². The Balaban J connectivity index is 0.000000858. The van der Waals surface area contributed by atoms with E-state index in [1.807, 2.05) is 0 Å². The molecule has 1 N–H and O–H groups in total. The molecule has 1 saturated carbocycles. The van der Waals surface area contributed by atoms with E-state index in [4.69, 9.17) is 14.6 Å². The molecule has 0 amide bonds. The van der Waals surface area contributed by atoms with Crippen molar-refractivity contribution >= 4 is 6.47 Å². The average Bonchev–Trinajstić information content (AvgIpc) is 3.53. The van der Waals surface area contributed by atoms with Gasteiger partial charge in [0.1, 0.15) is 0 Å². The Hall–Kier alpha value is -2.91. The highest BCUT2D eigenvalue weighted by Gasteiger charge is 2.48. The molecule has 1 fully saturated rings. The SMILES string of the molecule is CCCCN1Cc2ccc(C#Cc3cnc(OCC)c(F)c3)cc2C2(CC2)C1.O=CO. The fourth-order valence-electron chi connectivity index (χ4n) is 4.09. The molecule has 1 spiro atoms. The molecule has 2 aromatic rings. The van der Waals surface area contributed by atoms with Crippen LogP contribution in [0.25, 0.3) is 0 Å². The van der Waals surface area contributed by atoms with Gasteiger partial charge in [0, 0.05) is 35.8 Å². The van der Waals surface area contributed by atoms with Gasteiger partial charge < -0.3 is 9.84 Å². The standard InChI is InChI=1S/C24H27FN2O.CH2O2/c1-3-5-12-27-16-20-9-8-18(13-21(20)24(17-27)10-11-24)6-7-19-14-22(25)23(26-15-19)28-4-2;2-1-3/h8-9,13-15H,3-5,10-12,16-17H2,1-2H3;1H,(H,2,3). The lowest BCUT2D eigenvalue weighted by molar-refractivity contribution is -0.122. The minimum atomic E-state index is -0.469. The van der Waals surface area contributed by atoms with Gasteiger partial charge in [-0.05, 0) is 62.1 Å². The van der Waals surface area contributed by atoms with E-state index in [2.05, 4.69) is 46.8 Å². The van der Waals surface area contributed by atoms with Crippen molar-refractivity contribution in [1.82, 2.24) is 9.88 Å². The van der Waals surface area contributed by atoms with Crippen molar-refractivity contribution in [2.45, 2.75) is 51.5 Å². The minimum absolute atomic E-state index is 0.0325. The van der Waals surface area contributed by atoms with Crippen molar-refractivity contribution in [2.75, 3.05) is 19.7 Å². The fourth-order valence-corrected chi connectivity index (χ4v) is 4.09. The summed E-state index contributed by atoms with van der Waals surface area (Å²) in [5.74, 6) is 5.80. The number of rotatable bonds is 5. The maximum atomic E-state index is 14.0. The van der Waals surface area contributed by atoms with E-state index in [1.54, 1.807) is 13.1 Å². The van der Waals surface area contributed by atoms with Crippen LogP contribution in [0.15, 0.2) is 30.5 Å². The molecule has 5 nitrogen and oxygen atoms in total. The van der Waals surface area contributed by atoms with Gasteiger partial charge in [-0.2, -0.15) is 0 Å². The molecule has 31 heavy (non-hydrogen) atoms. The molecule has 0 atom stereocenters. The van der Waals surface area contributed by atoms with Gasteiger partial charge >= 0.3 is 0 Å². The molecule has 0 radical (unpaired) electrons. The average molecular weight is 425 g/mol. The van der Waals surface area contributed by atoms with Crippen LogP contribution in [-0.4, -0.2) is 41.2 Å². The van der Waals surface area contributed by atoms with Crippen molar-refractivity contribution in [3.05, 3.63) is 58.5 Å². The second-order valence-corrected chi connectivity index (χ2v) is 8.02. The van der Waals surface area contributed by atoms with Gasteiger partial charge in [-0.25, -0.2) is 9.37 Å². The quantitative estimate of drug-likeness (QED) is 0.571. The molecule has 0 unspecified atom stereocenters. The molecule has 1 aliphatic heterocycles. The first-order valence-electron chi connectivity index (χ1n) is 10.8. The van der Waals surface area contributed by atoms with Gasteiger partial charge in [0.25, 0.3) is 6.47 Å². The van der Waals surface area contributed by atoms with Gasteiger partial charge in [-0.15, -0.1) is 0 Å². The van der Waals surface area contributed by atoms with E-state index < -0.39 is 5.82 Å². The Bertz CT molecular complexity index is 976. The number of pyridine rings is 1.